The van der Waals surface area contributed by atoms with Crippen LogP contribution in [-0.2, 0) is 10.7 Å². The SMILES string of the molecule is CCN(C)C(=O)C(C)n1c(CCl)nc2ccc(C)cc21. The summed E-state index contributed by atoms with van der Waals surface area (Å²) in [6.45, 7) is 6.57. The van der Waals surface area contributed by atoms with Gasteiger partial charge in [-0.25, -0.2) is 4.98 Å². The molecule has 0 saturated carbocycles. The van der Waals surface area contributed by atoms with E-state index in [0.717, 1.165) is 22.4 Å². The Morgan fingerprint density at radius 1 is 1.50 bits per heavy atom. The first-order chi connectivity index (χ1) is 9.49. The maximum Gasteiger partial charge on any atom is 0.245 e. The van der Waals surface area contributed by atoms with Crippen molar-refractivity contribution in [1.82, 2.24) is 14.5 Å². The largest absolute Gasteiger partial charge is 0.344 e. The van der Waals surface area contributed by atoms with Gasteiger partial charge < -0.3 is 9.47 Å². The van der Waals surface area contributed by atoms with E-state index in [-0.39, 0.29) is 11.9 Å². The summed E-state index contributed by atoms with van der Waals surface area (Å²) in [4.78, 5) is 18.6. The van der Waals surface area contributed by atoms with Crippen molar-refractivity contribution >= 4 is 28.5 Å². The zero-order chi connectivity index (χ0) is 14.9. The number of benzene rings is 1. The molecule has 0 aliphatic carbocycles. The van der Waals surface area contributed by atoms with Crippen LogP contribution < -0.4 is 0 Å². The highest BCUT2D eigenvalue weighted by atomic mass is 35.5. The molecule has 1 unspecified atom stereocenters. The predicted octanol–water partition coefficient (Wildman–Crippen LogP) is 3.12. The number of hydrogen-bond acceptors (Lipinski definition) is 2. The molecule has 0 spiro atoms. The van der Waals surface area contributed by atoms with Crippen molar-refractivity contribution in [2.75, 3.05) is 13.6 Å². The first kappa shape index (κ1) is 14.9. The average molecular weight is 294 g/mol. The zero-order valence-electron chi connectivity index (χ0n) is 12.4. The van der Waals surface area contributed by atoms with E-state index in [1.165, 1.54) is 0 Å². The fourth-order valence-electron chi connectivity index (χ4n) is 2.36. The fourth-order valence-corrected chi connectivity index (χ4v) is 2.55. The summed E-state index contributed by atoms with van der Waals surface area (Å²) in [6, 6.07) is 5.73. The van der Waals surface area contributed by atoms with E-state index in [1.54, 1.807) is 4.90 Å². The topological polar surface area (TPSA) is 38.1 Å². The fraction of sp³-hybridized carbons (Fsp3) is 0.467. The highest BCUT2D eigenvalue weighted by molar-refractivity contribution is 6.17. The molecule has 20 heavy (non-hydrogen) atoms. The number of amides is 1. The first-order valence-corrected chi connectivity index (χ1v) is 7.31. The van der Waals surface area contributed by atoms with Crippen LogP contribution >= 0.6 is 11.6 Å². The van der Waals surface area contributed by atoms with E-state index in [2.05, 4.69) is 4.98 Å². The molecule has 1 aromatic heterocycles. The Balaban J connectivity index is 2.56. The van der Waals surface area contributed by atoms with Gasteiger partial charge in [0.05, 0.1) is 16.9 Å². The van der Waals surface area contributed by atoms with Gasteiger partial charge in [-0.2, -0.15) is 0 Å². The van der Waals surface area contributed by atoms with Crippen molar-refractivity contribution in [2.24, 2.45) is 0 Å². The third-order valence-corrected chi connectivity index (χ3v) is 3.87. The molecule has 1 aromatic carbocycles. The smallest absolute Gasteiger partial charge is 0.245 e. The number of aromatic nitrogens is 2. The van der Waals surface area contributed by atoms with Gasteiger partial charge in [-0.3, -0.25) is 4.79 Å². The third-order valence-electron chi connectivity index (χ3n) is 3.63. The van der Waals surface area contributed by atoms with Crippen molar-refractivity contribution in [3.8, 4) is 0 Å². The van der Waals surface area contributed by atoms with E-state index < -0.39 is 0 Å². The molecule has 0 radical (unpaired) electrons. The molecule has 1 amide bonds. The molecule has 0 aliphatic rings. The molecule has 2 aromatic rings. The van der Waals surface area contributed by atoms with Crippen LogP contribution in [0.15, 0.2) is 18.2 Å². The van der Waals surface area contributed by atoms with Crippen LogP contribution in [0.4, 0.5) is 0 Å². The van der Waals surface area contributed by atoms with Crippen LogP contribution in [-0.4, -0.2) is 34.0 Å². The van der Waals surface area contributed by atoms with E-state index in [9.17, 15) is 4.79 Å². The van der Waals surface area contributed by atoms with E-state index >= 15 is 0 Å². The van der Waals surface area contributed by atoms with Gasteiger partial charge in [0.25, 0.3) is 0 Å². The number of alkyl halides is 1. The molecular weight excluding hydrogens is 274 g/mol. The molecule has 0 N–H and O–H groups in total. The molecule has 5 heteroatoms. The Morgan fingerprint density at radius 3 is 2.80 bits per heavy atom. The van der Waals surface area contributed by atoms with Crippen LogP contribution in [0, 0.1) is 6.92 Å². The number of rotatable bonds is 4. The predicted molar refractivity (Wildman–Crippen MR) is 82.0 cm³/mol. The van der Waals surface area contributed by atoms with Crippen molar-refractivity contribution < 1.29 is 4.79 Å². The van der Waals surface area contributed by atoms with Gasteiger partial charge in [-0.1, -0.05) is 6.07 Å². The summed E-state index contributed by atoms with van der Waals surface area (Å²) in [6.07, 6.45) is 0. The van der Waals surface area contributed by atoms with Crippen LogP contribution in [0.1, 0.15) is 31.3 Å². The maximum absolute atomic E-state index is 12.4. The number of fused-ring (bicyclic) bond motifs is 1. The van der Waals surface area contributed by atoms with Crippen LogP contribution in [0.5, 0.6) is 0 Å². The van der Waals surface area contributed by atoms with E-state index in [0.29, 0.717) is 12.4 Å². The van der Waals surface area contributed by atoms with Gasteiger partial charge in [0.1, 0.15) is 11.9 Å². The summed E-state index contributed by atoms with van der Waals surface area (Å²) < 4.78 is 1.95. The summed E-state index contributed by atoms with van der Waals surface area (Å²) in [5, 5.41) is 0. The van der Waals surface area contributed by atoms with Crippen LogP contribution in [0.2, 0.25) is 0 Å². The highest BCUT2D eigenvalue weighted by Crippen LogP contribution is 2.24. The third kappa shape index (κ3) is 2.52. The van der Waals surface area contributed by atoms with Crippen LogP contribution in [0.3, 0.4) is 0 Å². The average Bonchev–Trinajstić information content (AvgIpc) is 2.82. The highest BCUT2D eigenvalue weighted by Gasteiger charge is 2.23. The van der Waals surface area contributed by atoms with E-state index in [1.807, 2.05) is 50.6 Å². The Hall–Kier alpha value is -1.55. The molecule has 0 bridgehead atoms. The molecule has 2 rings (SSSR count). The van der Waals surface area contributed by atoms with Gasteiger partial charge in [0.15, 0.2) is 0 Å². The number of likely N-dealkylation sites (N-methyl/N-ethyl adjacent to an activating group) is 1. The Morgan fingerprint density at radius 2 is 2.20 bits per heavy atom. The quantitative estimate of drug-likeness (QED) is 0.812. The first-order valence-electron chi connectivity index (χ1n) is 6.78. The second-order valence-electron chi connectivity index (χ2n) is 5.05. The lowest BCUT2D eigenvalue weighted by Crippen LogP contribution is -2.33. The molecule has 0 fully saturated rings. The molecule has 4 nitrogen and oxygen atoms in total. The van der Waals surface area contributed by atoms with E-state index in [4.69, 9.17) is 11.6 Å². The number of nitrogens with zero attached hydrogens (tertiary/aromatic N) is 3. The van der Waals surface area contributed by atoms with Gasteiger partial charge in [-0.15, -0.1) is 11.6 Å². The van der Waals surface area contributed by atoms with Gasteiger partial charge in [0, 0.05) is 13.6 Å². The normalized spacial score (nSPS) is 12.7. The second kappa shape index (κ2) is 5.83. The lowest BCUT2D eigenvalue weighted by molar-refractivity contribution is -0.132. The summed E-state index contributed by atoms with van der Waals surface area (Å²) in [5.41, 5.74) is 2.99. The number of imidazole rings is 1. The van der Waals surface area contributed by atoms with Crippen LogP contribution in [0.25, 0.3) is 11.0 Å². The zero-order valence-corrected chi connectivity index (χ0v) is 13.1. The number of aryl methyl sites for hydroxylation is 1. The lowest BCUT2D eigenvalue weighted by Gasteiger charge is -2.22. The molecule has 1 heterocycles. The van der Waals surface area contributed by atoms with Crippen molar-refractivity contribution in [1.29, 1.82) is 0 Å². The van der Waals surface area contributed by atoms with Gasteiger partial charge >= 0.3 is 0 Å². The lowest BCUT2D eigenvalue weighted by atomic mass is 10.2. The summed E-state index contributed by atoms with van der Waals surface area (Å²) >= 11 is 6.00. The number of halogens is 1. The summed E-state index contributed by atoms with van der Waals surface area (Å²) in [7, 11) is 1.81. The maximum atomic E-state index is 12.4. The second-order valence-corrected chi connectivity index (χ2v) is 5.32. The van der Waals surface area contributed by atoms with Crippen molar-refractivity contribution in [3.63, 3.8) is 0 Å². The number of carbonyl (C=O) groups is 1. The van der Waals surface area contributed by atoms with Crippen molar-refractivity contribution in [2.45, 2.75) is 32.7 Å². The van der Waals surface area contributed by atoms with Gasteiger partial charge in [0.2, 0.25) is 5.91 Å². The molecular formula is C15H20ClN3O. The number of hydrogen-bond donors (Lipinski definition) is 0. The summed E-state index contributed by atoms with van der Waals surface area (Å²) in [5.74, 6) is 1.10. The Bertz CT molecular complexity index is 635. The Kier molecular flexibility index (Phi) is 4.33. The minimum absolute atomic E-state index is 0.0691. The van der Waals surface area contributed by atoms with Gasteiger partial charge in [-0.05, 0) is 38.5 Å². The van der Waals surface area contributed by atoms with Crippen molar-refractivity contribution in [3.05, 3.63) is 29.6 Å². The minimum Gasteiger partial charge on any atom is -0.344 e. The molecule has 1 atom stereocenters. The molecule has 0 aliphatic heterocycles. The number of carbonyl (C=O) groups excluding carboxylic acids is 1. The standard InChI is InChI=1S/C15H20ClN3O/c1-5-18(4)15(20)11(3)19-13-8-10(2)6-7-12(13)17-14(19)9-16/h6-8,11H,5,9H2,1-4H3. The monoisotopic (exact) mass is 293 g/mol. The molecule has 108 valence electrons. The molecule has 0 saturated heterocycles. The Labute approximate surface area is 124 Å². The minimum atomic E-state index is -0.305.